The summed E-state index contributed by atoms with van der Waals surface area (Å²) in [6, 6.07) is 0. The van der Waals surface area contributed by atoms with Crippen LogP contribution in [0.1, 0.15) is 19.3 Å². The minimum atomic E-state index is 0. The van der Waals surface area contributed by atoms with E-state index in [-0.39, 0.29) is 36.4 Å². The van der Waals surface area contributed by atoms with Crippen LogP contribution in [0.2, 0.25) is 0 Å². The number of ether oxygens (including phenoxy) is 1. The molecular weight excluding hydrogens is 421 g/mol. The van der Waals surface area contributed by atoms with Crippen LogP contribution >= 0.6 is 24.0 Å². The van der Waals surface area contributed by atoms with Crippen molar-refractivity contribution in [3.63, 3.8) is 0 Å². The molecule has 2 rings (SSSR count). The Labute approximate surface area is 162 Å². The van der Waals surface area contributed by atoms with Gasteiger partial charge in [0.2, 0.25) is 5.91 Å². The van der Waals surface area contributed by atoms with E-state index in [1.165, 1.54) is 19.3 Å². The van der Waals surface area contributed by atoms with Gasteiger partial charge in [-0.25, -0.2) is 4.99 Å². The summed E-state index contributed by atoms with van der Waals surface area (Å²) in [5.41, 5.74) is 0. The number of carbonyl (C=O) groups is 1. The first-order valence-electron chi connectivity index (χ1n) is 8.70. The number of halogens is 1. The van der Waals surface area contributed by atoms with Crippen LogP contribution in [0, 0.1) is 0 Å². The molecule has 1 N–H and O–H groups in total. The van der Waals surface area contributed by atoms with E-state index >= 15 is 0 Å². The van der Waals surface area contributed by atoms with Crippen LogP contribution in [-0.4, -0.2) is 99.7 Å². The van der Waals surface area contributed by atoms with Gasteiger partial charge in [-0.05, 0) is 19.3 Å². The summed E-state index contributed by atoms with van der Waals surface area (Å²) in [6.45, 7) is 7.74. The van der Waals surface area contributed by atoms with Gasteiger partial charge in [-0.3, -0.25) is 9.69 Å². The molecule has 1 amide bonds. The fraction of sp³-hybridized carbons (Fsp3) is 0.875. The number of morpholine rings is 1. The summed E-state index contributed by atoms with van der Waals surface area (Å²) in [5, 5.41) is 3.45. The standard InChI is InChI=1S/C16H31N5O2.HI/c1-19(2)15(22)14-18-16(21-7-4-3-5-8-21)17-6-9-20-10-12-23-13-11-20;/h3-14H2,1-2H3,(H,17,18);1H. The van der Waals surface area contributed by atoms with Crippen molar-refractivity contribution in [2.45, 2.75) is 19.3 Å². The maximum Gasteiger partial charge on any atom is 0.243 e. The van der Waals surface area contributed by atoms with Crippen LogP contribution in [0.5, 0.6) is 0 Å². The van der Waals surface area contributed by atoms with Crippen LogP contribution < -0.4 is 5.32 Å². The van der Waals surface area contributed by atoms with Gasteiger partial charge in [-0.15, -0.1) is 24.0 Å². The zero-order valence-electron chi connectivity index (χ0n) is 15.0. The summed E-state index contributed by atoms with van der Waals surface area (Å²) >= 11 is 0. The Morgan fingerprint density at radius 2 is 1.79 bits per heavy atom. The summed E-state index contributed by atoms with van der Waals surface area (Å²) < 4.78 is 5.37. The fourth-order valence-electron chi connectivity index (χ4n) is 2.81. The molecule has 0 spiro atoms. The second kappa shape index (κ2) is 11.9. The number of rotatable bonds is 5. The topological polar surface area (TPSA) is 60.4 Å². The summed E-state index contributed by atoms with van der Waals surface area (Å²) in [7, 11) is 3.54. The highest BCUT2D eigenvalue weighted by Crippen LogP contribution is 2.08. The van der Waals surface area contributed by atoms with Gasteiger partial charge in [0, 0.05) is 53.4 Å². The van der Waals surface area contributed by atoms with E-state index in [4.69, 9.17) is 4.74 Å². The molecule has 0 aromatic rings. The molecular formula is C16H32IN5O2. The SMILES string of the molecule is CN(C)C(=O)CN=C(NCCN1CCOCC1)N1CCCCC1.I. The van der Waals surface area contributed by atoms with E-state index in [1.807, 2.05) is 0 Å². The lowest BCUT2D eigenvalue weighted by atomic mass is 10.1. The molecule has 2 heterocycles. The molecule has 2 aliphatic rings. The van der Waals surface area contributed by atoms with Crippen LogP contribution in [0.4, 0.5) is 0 Å². The van der Waals surface area contributed by atoms with Crippen LogP contribution in [0.3, 0.4) is 0 Å². The molecule has 0 atom stereocenters. The molecule has 0 radical (unpaired) electrons. The summed E-state index contributed by atoms with van der Waals surface area (Å²) in [6.07, 6.45) is 3.69. The number of piperidine rings is 1. The zero-order chi connectivity index (χ0) is 16.5. The molecule has 2 saturated heterocycles. The predicted octanol–water partition coefficient (Wildman–Crippen LogP) is 0.456. The predicted molar refractivity (Wildman–Crippen MR) is 107 cm³/mol. The van der Waals surface area contributed by atoms with Gasteiger partial charge < -0.3 is 19.9 Å². The first-order valence-corrected chi connectivity index (χ1v) is 8.70. The molecule has 2 aliphatic heterocycles. The van der Waals surface area contributed by atoms with Crippen molar-refractivity contribution in [2.24, 2.45) is 4.99 Å². The van der Waals surface area contributed by atoms with Gasteiger partial charge >= 0.3 is 0 Å². The number of hydrogen-bond donors (Lipinski definition) is 1. The van der Waals surface area contributed by atoms with Gasteiger partial charge in [0.25, 0.3) is 0 Å². The average molecular weight is 453 g/mol. The van der Waals surface area contributed by atoms with Gasteiger partial charge in [0.1, 0.15) is 6.54 Å². The maximum absolute atomic E-state index is 11.8. The molecule has 0 unspecified atom stereocenters. The second-order valence-corrected chi connectivity index (χ2v) is 6.36. The van der Waals surface area contributed by atoms with Gasteiger partial charge in [-0.2, -0.15) is 0 Å². The molecule has 7 nitrogen and oxygen atoms in total. The number of nitrogens with zero attached hydrogens (tertiary/aromatic N) is 4. The lowest BCUT2D eigenvalue weighted by Gasteiger charge is -2.31. The van der Waals surface area contributed by atoms with Crippen molar-refractivity contribution in [1.29, 1.82) is 0 Å². The number of guanidine groups is 1. The number of nitrogens with one attached hydrogen (secondary N) is 1. The van der Waals surface area contributed by atoms with Crippen molar-refractivity contribution in [1.82, 2.24) is 20.0 Å². The normalized spacial score (nSPS) is 19.6. The quantitative estimate of drug-likeness (QED) is 0.373. The molecule has 24 heavy (non-hydrogen) atoms. The van der Waals surface area contributed by atoms with Crippen molar-refractivity contribution >= 4 is 35.8 Å². The first kappa shape index (κ1) is 21.4. The van der Waals surface area contributed by atoms with Crippen molar-refractivity contribution in [2.75, 3.05) is 73.1 Å². The molecule has 140 valence electrons. The minimum Gasteiger partial charge on any atom is -0.379 e. The van der Waals surface area contributed by atoms with E-state index in [1.54, 1.807) is 19.0 Å². The van der Waals surface area contributed by atoms with Crippen molar-refractivity contribution < 1.29 is 9.53 Å². The van der Waals surface area contributed by atoms with Gasteiger partial charge in [0.15, 0.2) is 5.96 Å². The van der Waals surface area contributed by atoms with Crippen LogP contribution in [-0.2, 0) is 9.53 Å². The summed E-state index contributed by atoms with van der Waals surface area (Å²) in [5.74, 6) is 0.919. The number of aliphatic imine (C=N–C) groups is 1. The number of likely N-dealkylation sites (tertiary alicyclic amines) is 1. The van der Waals surface area contributed by atoms with E-state index in [0.717, 1.165) is 58.4 Å². The molecule has 0 bridgehead atoms. The van der Waals surface area contributed by atoms with Crippen LogP contribution in [0.25, 0.3) is 0 Å². The molecule has 0 aromatic heterocycles. The van der Waals surface area contributed by atoms with E-state index in [9.17, 15) is 4.79 Å². The summed E-state index contributed by atoms with van der Waals surface area (Å²) in [4.78, 5) is 22.6. The zero-order valence-corrected chi connectivity index (χ0v) is 17.3. The second-order valence-electron chi connectivity index (χ2n) is 6.36. The van der Waals surface area contributed by atoms with Crippen molar-refractivity contribution in [3.05, 3.63) is 0 Å². The Kier molecular flexibility index (Phi) is 10.6. The van der Waals surface area contributed by atoms with E-state index in [2.05, 4.69) is 20.1 Å². The first-order chi connectivity index (χ1) is 11.2. The Hall–Kier alpha value is -0.610. The molecule has 0 aromatic carbocycles. The third-order valence-electron chi connectivity index (χ3n) is 4.33. The third-order valence-corrected chi connectivity index (χ3v) is 4.33. The molecule has 0 saturated carbocycles. The Balaban J connectivity index is 0.00000288. The third kappa shape index (κ3) is 7.52. The molecule has 8 heteroatoms. The smallest absolute Gasteiger partial charge is 0.243 e. The monoisotopic (exact) mass is 453 g/mol. The lowest BCUT2D eigenvalue weighted by molar-refractivity contribution is -0.127. The lowest BCUT2D eigenvalue weighted by Crippen LogP contribution is -2.48. The Morgan fingerprint density at radius 1 is 1.12 bits per heavy atom. The minimum absolute atomic E-state index is 0. The number of carbonyl (C=O) groups excluding carboxylic acids is 1. The highest BCUT2D eigenvalue weighted by Gasteiger charge is 2.16. The van der Waals surface area contributed by atoms with E-state index < -0.39 is 0 Å². The maximum atomic E-state index is 11.8. The largest absolute Gasteiger partial charge is 0.379 e. The number of likely N-dealkylation sites (N-methyl/N-ethyl adjacent to an activating group) is 1. The highest BCUT2D eigenvalue weighted by molar-refractivity contribution is 14.0. The average Bonchev–Trinajstić information content (AvgIpc) is 2.59. The molecule has 2 fully saturated rings. The Morgan fingerprint density at radius 3 is 2.42 bits per heavy atom. The number of amides is 1. The van der Waals surface area contributed by atoms with Crippen molar-refractivity contribution in [3.8, 4) is 0 Å². The fourth-order valence-corrected chi connectivity index (χ4v) is 2.81. The number of hydrogen-bond acceptors (Lipinski definition) is 4. The highest BCUT2D eigenvalue weighted by atomic mass is 127. The van der Waals surface area contributed by atoms with Crippen LogP contribution in [0.15, 0.2) is 4.99 Å². The van der Waals surface area contributed by atoms with Gasteiger partial charge in [-0.1, -0.05) is 0 Å². The molecule has 0 aliphatic carbocycles. The van der Waals surface area contributed by atoms with Gasteiger partial charge in [0.05, 0.1) is 13.2 Å². The van der Waals surface area contributed by atoms with E-state index in [0.29, 0.717) is 0 Å². The Bertz CT molecular complexity index is 394.